The Morgan fingerprint density at radius 3 is 2.93 bits per heavy atom. The number of rotatable bonds is 5. The summed E-state index contributed by atoms with van der Waals surface area (Å²) in [5.74, 6) is -0.973. The smallest absolute Gasteiger partial charge is 0.269 e. The molecule has 0 aliphatic carbocycles. The highest BCUT2D eigenvalue weighted by Gasteiger charge is 2.16. The summed E-state index contributed by atoms with van der Waals surface area (Å²) in [7, 11) is 0. The summed E-state index contributed by atoms with van der Waals surface area (Å²) in [5.41, 5.74) is 1.66. The van der Waals surface area contributed by atoms with Gasteiger partial charge in [-0.15, -0.1) is 0 Å². The SMILES string of the molecule is Cc1cc(C#N)cc(Oc2c(Cl)ccc(CNC(=O)c3cnc[nH]3)c2F)c1. The molecule has 1 aromatic heterocycles. The summed E-state index contributed by atoms with van der Waals surface area (Å²) in [5, 5.41) is 11.7. The summed E-state index contributed by atoms with van der Waals surface area (Å²) in [4.78, 5) is 18.4. The van der Waals surface area contributed by atoms with E-state index < -0.39 is 11.7 Å². The van der Waals surface area contributed by atoms with Crippen molar-refractivity contribution in [2.75, 3.05) is 0 Å². The van der Waals surface area contributed by atoms with Crippen molar-refractivity contribution in [1.82, 2.24) is 15.3 Å². The highest BCUT2D eigenvalue weighted by molar-refractivity contribution is 6.32. The number of aromatic nitrogens is 2. The van der Waals surface area contributed by atoms with E-state index in [0.29, 0.717) is 11.3 Å². The molecule has 2 aromatic carbocycles. The maximum atomic E-state index is 14.8. The Kier molecular flexibility index (Phi) is 5.38. The quantitative estimate of drug-likeness (QED) is 0.692. The number of carbonyl (C=O) groups excluding carboxylic acids is 1. The van der Waals surface area contributed by atoms with Crippen LogP contribution in [0.3, 0.4) is 0 Å². The van der Waals surface area contributed by atoms with Gasteiger partial charge in [0, 0.05) is 12.1 Å². The molecule has 8 heteroatoms. The number of aromatic amines is 1. The van der Waals surface area contributed by atoms with Crippen LogP contribution in [0.2, 0.25) is 5.02 Å². The normalized spacial score (nSPS) is 10.3. The van der Waals surface area contributed by atoms with Crippen LogP contribution in [0.5, 0.6) is 11.5 Å². The molecule has 0 spiro atoms. The summed E-state index contributed by atoms with van der Waals surface area (Å²) in [6.45, 7) is 1.74. The minimum absolute atomic E-state index is 0.0610. The number of carbonyl (C=O) groups is 1. The number of hydrogen-bond acceptors (Lipinski definition) is 4. The number of imidazole rings is 1. The fraction of sp³-hybridized carbons (Fsp3) is 0.105. The van der Waals surface area contributed by atoms with Crippen molar-refractivity contribution in [3.05, 3.63) is 76.1 Å². The van der Waals surface area contributed by atoms with Gasteiger partial charge in [0.25, 0.3) is 5.91 Å². The third-order valence-electron chi connectivity index (χ3n) is 3.71. The number of aryl methyl sites for hydroxylation is 1. The molecular formula is C19H14ClFN4O2. The Balaban J connectivity index is 1.82. The highest BCUT2D eigenvalue weighted by atomic mass is 35.5. The number of halogens is 2. The third kappa shape index (κ3) is 4.25. The number of hydrogen-bond donors (Lipinski definition) is 2. The van der Waals surface area contributed by atoms with Crippen LogP contribution in [-0.4, -0.2) is 15.9 Å². The number of ether oxygens (including phenoxy) is 1. The average molecular weight is 385 g/mol. The van der Waals surface area contributed by atoms with Crippen molar-refractivity contribution in [2.45, 2.75) is 13.5 Å². The minimum Gasteiger partial charge on any atom is -0.453 e. The molecule has 0 saturated heterocycles. The van der Waals surface area contributed by atoms with E-state index in [4.69, 9.17) is 21.6 Å². The van der Waals surface area contributed by atoms with Gasteiger partial charge in [-0.25, -0.2) is 9.37 Å². The van der Waals surface area contributed by atoms with Gasteiger partial charge in [-0.1, -0.05) is 17.7 Å². The first kappa shape index (κ1) is 18.4. The van der Waals surface area contributed by atoms with Crippen LogP contribution in [0.15, 0.2) is 42.9 Å². The topological polar surface area (TPSA) is 90.8 Å². The van der Waals surface area contributed by atoms with E-state index in [0.717, 1.165) is 5.56 Å². The second kappa shape index (κ2) is 7.89. The van der Waals surface area contributed by atoms with Crippen LogP contribution in [0.1, 0.15) is 27.2 Å². The Bertz CT molecular complexity index is 1030. The lowest BCUT2D eigenvalue weighted by Crippen LogP contribution is -2.23. The zero-order valence-electron chi connectivity index (χ0n) is 14.2. The zero-order valence-corrected chi connectivity index (χ0v) is 15.0. The molecular weight excluding hydrogens is 371 g/mol. The lowest BCUT2D eigenvalue weighted by atomic mass is 10.1. The maximum Gasteiger partial charge on any atom is 0.269 e. The Labute approximate surface area is 159 Å². The third-order valence-corrected chi connectivity index (χ3v) is 4.01. The summed E-state index contributed by atoms with van der Waals surface area (Å²) >= 11 is 6.08. The molecule has 27 heavy (non-hydrogen) atoms. The highest BCUT2D eigenvalue weighted by Crippen LogP contribution is 2.34. The molecule has 6 nitrogen and oxygen atoms in total. The van der Waals surface area contributed by atoms with Crippen LogP contribution in [0.4, 0.5) is 4.39 Å². The molecule has 0 unspecified atom stereocenters. The minimum atomic E-state index is -0.688. The van der Waals surface area contributed by atoms with Crippen molar-refractivity contribution >= 4 is 17.5 Å². The zero-order chi connectivity index (χ0) is 19.4. The van der Waals surface area contributed by atoms with Crippen molar-refractivity contribution in [3.63, 3.8) is 0 Å². The van der Waals surface area contributed by atoms with Crippen molar-refractivity contribution < 1.29 is 13.9 Å². The fourth-order valence-electron chi connectivity index (χ4n) is 2.44. The Morgan fingerprint density at radius 2 is 2.22 bits per heavy atom. The fourth-order valence-corrected chi connectivity index (χ4v) is 2.63. The molecule has 0 radical (unpaired) electrons. The van der Waals surface area contributed by atoms with E-state index in [9.17, 15) is 9.18 Å². The number of H-pyrrole nitrogens is 1. The standard InChI is InChI=1S/C19H14ClFN4O2/c1-11-4-12(7-22)6-14(5-11)27-18-15(20)3-2-13(17(18)21)8-24-19(26)16-9-23-10-25-16/h2-6,9-10H,8H2,1H3,(H,23,25)(H,24,26). The number of amides is 1. The van der Waals surface area contributed by atoms with E-state index in [1.165, 1.54) is 30.7 Å². The summed E-state index contributed by atoms with van der Waals surface area (Å²) < 4.78 is 20.4. The largest absolute Gasteiger partial charge is 0.453 e. The Morgan fingerprint density at radius 1 is 1.41 bits per heavy atom. The average Bonchev–Trinajstić information content (AvgIpc) is 3.18. The van der Waals surface area contributed by atoms with Crippen LogP contribution < -0.4 is 10.1 Å². The second-order valence-electron chi connectivity index (χ2n) is 5.75. The van der Waals surface area contributed by atoms with Gasteiger partial charge < -0.3 is 15.0 Å². The van der Waals surface area contributed by atoms with Crippen LogP contribution in [-0.2, 0) is 6.54 Å². The number of nitriles is 1. The first-order chi connectivity index (χ1) is 13.0. The molecule has 0 aliphatic rings. The van der Waals surface area contributed by atoms with E-state index in [-0.39, 0.29) is 28.6 Å². The van der Waals surface area contributed by atoms with E-state index >= 15 is 0 Å². The summed E-state index contributed by atoms with van der Waals surface area (Å²) in [6.07, 6.45) is 2.74. The van der Waals surface area contributed by atoms with Gasteiger partial charge in [0.05, 0.1) is 29.2 Å². The lowest BCUT2D eigenvalue weighted by molar-refractivity contribution is 0.0946. The first-order valence-electron chi connectivity index (χ1n) is 7.91. The predicted octanol–water partition coefficient (Wildman–Crippen LogP) is 4.10. The van der Waals surface area contributed by atoms with Gasteiger partial charge >= 0.3 is 0 Å². The van der Waals surface area contributed by atoms with Crippen molar-refractivity contribution in [3.8, 4) is 17.6 Å². The Hall–Kier alpha value is -3.37. The second-order valence-corrected chi connectivity index (χ2v) is 6.15. The van der Waals surface area contributed by atoms with Gasteiger partial charge in [0.15, 0.2) is 11.6 Å². The first-order valence-corrected chi connectivity index (χ1v) is 8.29. The summed E-state index contributed by atoms with van der Waals surface area (Å²) in [6, 6.07) is 9.82. The van der Waals surface area contributed by atoms with Gasteiger partial charge in [-0.2, -0.15) is 5.26 Å². The lowest BCUT2D eigenvalue weighted by Gasteiger charge is -2.13. The molecule has 0 fully saturated rings. The van der Waals surface area contributed by atoms with Gasteiger partial charge in [0.2, 0.25) is 0 Å². The van der Waals surface area contributed by atoms with Gasteiger partial charge in [-0.05, 0) is 36.8 Å². The van der Waals surface area contributed by atoms with E-state index in [1.54, 1.807) is 19.1 Å². The molecule has 1 heterocycles. The van der Waals surface area contributed by atoms with Crippen LogP contribution >= 0.6 is 11.6 Å². The predicted molar refractivity (Wildman–Crippen MR) is 97.1 cm³/mol. The van der Waals surface area contributed by atoms with Crippen molar-refractivity contribution in [1.29, 1.82) is 5.26 Å². The molecule has 3 aromatic rings. The van der Waals surface area contributed by atoms with Crippen LogP contribution in [0, 0.1) is 24.1 Å². The molecule has 0 aliphatic heterocycles. The number of nitrogens with zero attached hydrogens (tertiary/aromatic N) is 2. The molecule has 1 amide bonds. The van der Waals surface area contributed by atoms with Gasteiger partial charge in [-0.3, -0.25) is 4.79 Å². The van der Waals surface area contributed by atoms with E-state index in [2.05, 4.69) is 15.3 Å². The molecule has 0 saturated carbocycles. The monoisotopic (exact) mass is 384 g/mol. The van der Waals surface area contributed by atoms with Gasteiger partial charge in [0.1, 0.15) is 11.4 Å². The van der Waals surface area contributed by atoms with Crippen molar-refractivity contribution in [2.24, 2.45) is 0 Å². The van der Waals surface area contributed by atoms with Crippen LogP contribution in [0.25, 0.3) is 0 Å². The molecule has 0 bridgehead atoms. The van der Waals surface area contributed by atoms with E-state index in [1.807, 2.05) is 6.07 Å². The number of benzene rings is 2. The number of nitrogens with one attached hydrogen (secondary N) is 2. The molecule has 2 N–H and O–H groups in total. The molecule has 0 atom stereocenters. The molecule has 136 valence electrons. The molecule has 3 rings (SSSR count). The maximum absolute atomic E-state index is 14.8.